The fraction of sp³-hybridized carbons (Fsp3) is 0.500. The Morgan fingerprint density at radius 3 is 2.86 bits per heavy atom. The molecule has 1 aromatic carbocycles. The van der Waals surface area contributed by atoms with Crippen LogP contribution in [-0.4, -0.2) is 41.1 Å². The van der Waals surface area contributed by atoms with Crippen molar-refractivity contribution in [3.05, 3.63) is 29.8 Å². The molecule has 0 radical (unpaired) electrons. The second-order valence-electron chi connectivity index (χ2n) is 5.12. The number of hydrogen-bond acceptors (Lipinski definition) is 3. The Hall–Kier alpha value is -2.04. The quantitative estimate of drug-likeness (QED) is 0.871. The summed E-state index contributed by atoms with van der Waals surface area (Å²) in [4.78, 5) is 24.8. The zero-order valence-corrected chi connectivity index (χ0v) is 12.2. The van der Waals surface area contributed by atoms with Crippen LogP contribution in [0.3, 0.4) is 0 Å². The minimum absolute atomic E-state index is 0.0915. The zero-order chi connectivity index (χ0) is 15.2. The average molecular weight is 291 g/mol. The van der Waals surface area contributed by atoms with Crippen molar-refractivity contribution >= 4 is 11.9 Å². The molecule has 1 N–H and O–H groups in total. The maximum absolute atomic E-state index is 12.2. The molecule has 1 aliphatic heterocycles. The lowest BCUT2D eigenvalue weighted by Crippen LogP contribution is -2.40. The van der Waals surface area contributed by atoms with Crippen LogP contribution < -0.4 is 4.74 Å². The zero-order valence-electron chi connectivity index (χ0n) is 12.2. The Labute approximate surface area is 124 Å². The van der Waals surface area contributed by atoms with E-state index in [1.807, 2.05) is 31.2 Å². The van der Waals surface area contributed by atoms with Crippen molar-refractivity contribution in [2.24, 2.45) is 0 Å². The van der Waals surface area contributed by atoms with Gasteiger partial charge in [0.05, 0.1) is 6.61 Å². The van der Waals surface area contributed by atoms with Crippen LogP contribution in [0.15, 0.2) is 24.3 Å². The lowest BCUT2D eigenvalue weighted by atomic mass is 10.1. The number of benzene rings is 1. The van der Waals surface area contributed by atoms with Gasteiger partial charge >= 0.3 is 5.97 Å². The predicted octanol–water partition coefficient (Wildman–Crippen LogP) is 2.09. The molecule has 114 valence electrons. The third-order valence-corrected chi connectivity index (χ3v) is 3.74. The Bertz CT molecular complexity index is 515. The molecule has 1 fully saturated rings. The number of carboxylic acid groups (broad SMARTS) is 1. The summed E-state index contributed by atoms with van der Waals surface area (Å²) in [5.74, 6) is -0.203. The number of carbonyl (C=O) groups excluding carboxylic acids is 1. The van der Waals surface area contributed by atoms with Crippen LogP contribution in [0.2, 0.25) is 0 Å². The summed E-state index contributed by atoms with van der Waals surface area (Å²) in [5.41, 5.74) is 0.985. The largest absolute Gasteiger partial charge is 0.494 e. The van der Waals surface area contributed by atoms with Crippen molar-refractivity contribution in [1.29, 1.82) is 0 Å². The minimum Gasteiger partial charge on any atom is -0.494 e. The molecule has 0 bridgehead atoms. The van der Waals surface area contributed by atoms with Gasteiger partial charge in [0, 0.05) is 13.0 Å². The maximum Gasteiger partial charge on any atom is 0.326 e. The van der Waals surface area contributed by atoms with Gasteiger partial charge in [0.1, 0.15) is 11.8 Å². The monoisotopic (exact) mass is 291 g/mol. The van der Waals surface area contributed by atoms with E-state index >= 15 is 0 Å². The topological polar surface area (TPSA) is 66.8 Å². The lowest BCUT2D eigenvalue weighted by Gasteiger charge is -2.21. The highest BCUT2D eigenvalue weighted by molar-refractivity contribution is 5.84. The summed E-state index contributed by atoms with van der Waals surface area (Å²) >= 11 is 0. The van der Waals surface area contributed by atoms with Gasteiger partial charge in [-0.2, -0.15) is 0 Å². The maximum atomic E-state index is 12.2. The van der Waals surface area contributed by atoms with E-state index < -0.39 is 12.0 Å². The highest BCUT2D eigenvalue weighted by atomic mass is 16.5. The van der Waals surface area contributed by atoms with Crippen molar-refractivity contribution in [2.75, 3.05) is 13.2 Å². The van der Waals surface area contributed by atoms with Gasteiger partial charge in [0.15, 0.2) is 0 Å². The number of carboxylic acids is 1. The van der Waals surface area contributed by atoms with Crippen LogP contribution in [0.25, 0.3) is 0 Å². The molecule has 21 heavy (non-hydrogen) atoms. The van der Waals surface area contributed by atoms with E-state index in [1.165, 1.54) is 4.90 Å². The molecule has 1 aromatic rings. The number of rotatable bonds is 6. The summed E-state index contributed by atoms with van der Waals surface area (Å²) < 4.78 is 5.54. The number of nitrogens with zero attached hydrogens (tertiary/aromatic N) is 1. The highest BCUT2D eigenvalue weighted by Gasteiger charge is 2.33. The smallest absolute Gasteiger partial charge is 0.326 e. The fourth-order valence-corrected chi connectivity index (χ4v) is 2.71. The Morgan fingerprint density at radius 1 is 1.38 bits per heavy atom. The number of ether oxygens (including phenoxy) is 1. The molecule has 1 atom stereocenters. The molecule has 0 unspecified atom stereocenters. The van der Waals surface area contributed by atoms with Crippen molar-refractivity contribution in [1.82, 2.24) is 4.90 Å². The molecule has 1 amide bonds. The highest BCUT2D eigenvalue weighted by Crippen LogP contribution is 2.22. The second kappa shape index (κ2) is 7.11. The fourth-order valence-electron chi connectivity index (χ4n) is 2.71. The second-order valence-corrected chi connectivity index (χ2v) is 5.12. The summed E-state index contributed by atoms with van der Waals surface area (Å²) in [6, 6.07) is 6.99. The molecule has 1 aliphatic rings. The first kappa shape index (κ1) is 15.4. The molecule has 0 aromatic heterocycles. The van der Waals surface area contributed by atoms with Gasteiger partial charge in [0.2, 0.25) is 5.91 Å². The molecule has 0 aliphatic carbocycles. The molecular weight excluding hydrogens is 270 g/mol. The normalized spacial score (nSPS) is 17.8. The Balaban J connectivity index is 1.96. The summed E-state index contributed by atoms with van der Waals surface area (Å²) in [6.45, 7) is 3.05. The van der Waals surface area contributed by atoms with E-state index in [0.29, 0.717) is 32.4 Å². The first-order valence-corrected chi connectivity index (χ1v) is 7.36. The van der Waals surface area contributed by atoms with Gasteiger partial charge in [-0.15, -0.1) is 0 Å². The molecule has 2 rings (SSSR count). The molecule has 1 saturated heterocycles. The number of hydrogen-bond donors (Lipinski definition) is 1. The number of aliphatic carboxylic acids is 1. The molecular formula is C16H21NO4. The number of aryl methyl sites for hydroxylation is 1. The van der Waals surface area contributed by atoms with Crippen LogP contribution in [-0.2, 0) is 16.0 Å². The summed E-state index contributed by atoms with van der Waals surface area (Å²) in [6.07, 6.45) is 2.19. The van der Waals surface area contributed by atoms with Crippen LogP contribution in [0.1, 0.15) is 31.7 Å². The van der Waals surface area contributed by atoms with Crippen molar-refractivity contribution < 1.29 is 19.4 Å². The first-order chi connectivity index (χ1) is 10.1. The lowest BCUT2D eigenvalue weighted by molar-refractivity contribution is -0.148. The van der Waals surface area contributed by atoms with E-state index in [2.05, 4.69) is 0 Å². The van der Waals surface area contributed by atoms with Crippen molar-refractivity contribution in [3.63, 3.8) is 0 Å². The van der Waals surface area contributed by atoms with E-state index in [1.54, 1.807) is 0 Å². The number of carbonyl (C=O) groups is 2. The molecule has 5 nitrogen and oxygen atoms in total. The summed E-state index contributed by atoms with van der Waals surface area (Å²) in [5, 5.41) is 9.12. The summed E-state index contributed by atoms with van der Waals surface area (Å²) in [7, 11) is 0. The first-order valence-electron chi connectivity index (χ1n) is 7.36. The van der Waals surface area contributed by atoms with Crippen LogP contribution in [0, 0.1) is 0 Å². The third-order valence-electron chi connectivity index (χ3n) is 3.74. The molecule has 1 heterocycles. The van der Waals surface area contributed by atoms with E-state index in [0.717, 1.165) is 17.7 Å². The van der Waals surface area contributed by atoms with Gasteiger partial charge in [-0.05, 0) is 37.8 Å². The third kappa shape index (κ3) is 3.74. The van der Waals surface area contributed by atoms with Gasteiger partial charge < -0.3 is 14.7 Å². The van der Waals surface area contributed by atoms with Gasteiger partial charge in [-0.1, -0.05) is 18.2 Å². The number of para-hydroxylation sites is 1. The van der Waals surface area contributed by atoms with Crippen molar-refractivity contribution in [3.8, 4) is 5.75 Å². The van der Waals surface area contributed by atoms with E-state index in [9.17, 15) is 9.59 Å². The van der Waals surface area contributed by atoms with Crippen LogP contribution >= 0.6 is 0 Å². The Kier molecular flexibility index (Phi) is 5.20. The Morgan fingerprint density at radius 2 is 2.14 bits per heavy atom. The molecule has 0 spiro atoms. The molecule has 5 heteroatoms. The standard InChI is InChI=1S/C16H21NO4/c1-2-21-14-8-4-3-6-12(14)9-10-15(18)17-11-5-7-13(17)16(19)20/h3-4,6,8,13H,2,5,7,9-11H2,1H3,(H,19,20)/t13-/m1/s1. The van der Waals surface area contributed by atoms with E-state index in [-0.39, 0.29) is 5.91 Å². The van der Waals surface area contributed by atoms with Gasteiger partial charge in [-0.3, -0.25) is 4.79 Å². The van der Waals surface area contributed by atoms with Crippen LogP contribution in [0.4, 0.5) is 0 Å². The average Bonchev–Trinajstić information content (AvgIpc) is 2.96. The number of amides is 1. The van der Waals surface area contributed by atoms with Crippen molar-refractivity contribution in [2.45, 2.75) is 38.6 Å². The molecule has 0 saturated carbocycles. The SMILES string of the molecule is CCOc1ccccc1CCC(=O)N1CCC[C@@H]1C(=O)O. The van der Waals surface area contributed by atoms with Gasteiger partial charge in [-0.25, -0.2) is 4.79 Å². The van der Waals surface area contributed by atoms with E-state index in [4.69, 9.17) is 9.84 Å². The van der Waals surface area contributed by atoms with Crippen LogP contribution in [0.5, 0.6) is 5.75 Å². The number of likely N-dealkylation sites (tertiary alicyclic amines) is 1. The minimum atomic E-state index is -0.907. The van der Waals surface area contributed by atoms with Gasteiger partial charge in [0.25, 0.3) is 0 Å². The predicted molar refractivity (Wildman–Crippen MR) is 78.3 cm³/mol.